The summed E-state index contributed by atoms with van der Waals surface area (Å²) < 4.78 is 0. The van der Waals surface area contributed by atoms with E-state index in [1.807, 2.05) is 48.5 Å². The summed E-state index contributed by atoms with van der Waals surface area (Å²) in [6, 6.07) is 15.3. The highest BCUT2D eigenvalue weighted by Crippen LogP contribution is 2.22. The summed E-state index contributed by atoms with van der Waals surface area (Å²) in [6.45, 7) is 7.95. The first kappa shape index (κ1) is 27.1. The molecule has 0 aliphatic rings. The second-order valence-corrected chi connectivity index (χ2v) is 8.56. The van der Waals surface area contributed by atoms with Crippen molar-refractivity contribution in [3.8, 4) is 0 Å². The first-order chi connectivity index (χ1) is 16.3. The standard InChI is InChI=1S/C26H38N4O4/c1-20(11-13-29(15-17-31)25-9-7-23(8-10-25)27-21(2)33)12-14-30(16-18-32)26-6-4-5-24(19-26)28-22(3)34/h4-10,19-20,31-32H,11-18H2,1-3H3,(H,27,33)(H,28,34). The van der Waals surface area contributed by atoms with Crippen LogP contribution in [0.15, 0.2) is 48.5 Å². The summed E-state index contributed by atoms with van der Waals surface area (Å²) in [4.78, 5) is 26.9. The van der Waals surface area contributed by atoms with E-state index in [4.69, 9.17) is 0 Å². The molecular weight excluding hydrogens is 432 g/mol. The molecular formula is C26H38N4O4. The highest BCUT2D eigenvalue weighted by molar-refractivity contribution is 5.89. The van der Waals surface area contributed by atoms with Crippen LogP contribution in [0.5, 0.6) is 0 Å². The highest BCUT2D eigenvalue weighted by Gasteiger charge is 2.13. The zero-order chi connectivity index (χ0) is 24.9. The van der Waals surface area contributed by atoms with Gasteiger partial charge in [0.1, 0.15) is 0 Å². The molecule has 0 aromatic heterocycles. The Morgan fingerprint density at radius 1 is 0.765 bits per heavy atom. The third-order valence-corrected chi connectivity index (χ3v) is 5.61. The molecule has 0 heterocycles. The van der Waals surface area contributed by atoms with Crippen molar-refractivity contribution in [2.75, 3.05) is 59.8 Å². The molecule has 186 valence electrons. The van der Waals surface area contributed by atoms with Gasteiger partial charge in [0, 0.05) is 62.8 Å². The van der Waals surface area contributed by atoms with Crippen LogP contribution in [0.4, 0.5) is 22.7 Å². The smallest absolute Gasteiger partial charge is 0.221 e. The van der Waals surface area contributed by atoms with E-state index >= 15 is 0 Å². The Balaban J connectivity index is 1.93. The largest absolute Gasteiger partial charge is 0.395 e. The summed E-state index contributed by atoms with van der Waals surface area (Å²) in [6.07, 6.45) is 1.89. The summed E-state index contributed by atoms with van der Waals surface area (Å²) in [5.74, 6) is 0.210. The number of aliphatic hydroxyl groups excluding tert-OH is 2. The molecule has 0 saturated carbocycles. The topological polar surface area (TPSA) is 105 Å². The Morgan fingerprint density at radius 2 is 1.29 bits per heavy atom. The zero-order valence-electron chi connectivity index (χ0n) is 20.5. The predicted octanol–water partition coefficient (Wildman–Crippen LogP) is 3.32. The van der Waals surface area contributed by atoms with Crippen molar-refractivity contribution in [2.24, 2.45) is 5.92 Å². The van der Waals surface area contributed by atoms with Gasteiger partial charge < -0.3 is 30.6 Å². The van der Waals surface area contributed by atoms with Gasteiger partial charge in [0.25, 0.3) is 0 Å². The lowest BCUT2D eigenvalue weighted by molar-refractivity contribution is -0.115. The van der Waals surface area contributed by atoms with Crippen LogP contribution < -0.4 is 20.4 Å². The SMILES string of the molecule is CC(=O)Nc1ccc(N(CCO)CCC(C)CCN(CCO)c2cccc(NC(C)=O)c2)cc1. The molecule has 0 fully saturated rings. The number of carbonyl (C=O) groups is 2. The predicted molar refractivity (Wildman–Crippen MR) is 138 cm³/mol. The van der Waals surface area contributed by atoms with Crippen molar-refractivity contribution < 1.29 is 19.8 Å². The minimum atomic E-state index is -0.114. The summed E-state index contributed by atoms with van der Waals surface area (Å²) in [5, 5.41) is 24.6. The molecule has 0 bridgehead atoms. The van der Waals surface area contributed by atoms with Gasteiger partial charge in [-0.2, -0.15) is 0 Å². The Morgan fingerprint density at radius 3 is 1.82 bits per heavy atom. The van der Waals surface area contributed by atoms with E-state index in [-0.39, 0.29) is 25.0 Å². The fourth-order valence-electron chi connectivity index (χ4n) is 3.82. The third-order valence-electron chi connectivity index (χ3n) is 5.61. The van der Waals surface area contributed by atoms with Crippen molar-refractivity contribution in [3.05, 3.63) is 48.5 Å². The van der Waals surface area contributed by atoms with Crippen LogP contribution in [0.3, 0.4) is 0 Å². The highest BCUT2D eigenvalue weighted by atomic mass is 16.3. The monoisotopic (exact) mass is 470 g/mol. The van der Waals surface area contributed by atoms with Crippen LogP contribution in [0.25, 0.3) is 0 Å². The molecule has 0 aliphatic heterocycles. The lowest BCUT2D eigenvalue weighted by Crippen LogP contribution is -2.31. The van der Waals surface area contributed by atoms with Gasteiger partial charge in [-0.25, -0.2) is 0 Å². The second-order valence-electron chi connectivity index (χ2n) is 8.56. The molecule has 8 heteroatoms. The van der Waals surface area contributed by atoms with Gasteiger partial charge in [0.05, 0.1) is 13.2 Å². The first-order valence-corrected chi connectivity index (χ1v) is 11.8. The number of amides is 2. The van der Waals surface area contributed by atoms with E-state index < -0.39 is 0 Å². The van der Waals surface area contributed by atoms with Crippen molar-refractivity contribution in [2.45, 2.75) is 33.6 Å². The lowest BCUT2D eigenvalue weighted by Gasteiger charge is -2.28. The van der Waals surface area contributed by atoms with Gasteiger partial charge in [-0.1, -0.05) is 13.0 Å². The number of benzene rings is 2. The van der Waals surface area contributed by atoms with E-state index in [0.29, 0.717) is 19.0 Å². The molecule has 34 heavy (non-hydrogen) atoms. The van der Waals surface area contributed by atoms with Gasteiger partial charge >= 0.3 is 0 Å². The van der Waals surface area contributed by atoms with Crippen LogP contribution in [0.1, 0.15) is 33.6 Å². The number of hydrogen-bond donors (Lipinski definition) is 4. The number of nitrogens with zero attached hydrogens (tertiary/aromatic N) is 2. The van der Waals surface area contributed by atoms with Crippen molar-refractivity contribution in [1.82, 2.24) is 0 Å². The average molecular weight is 471 g/mol. The van der Waals surface area contributed by atoms with Crippen molar-refractivity contribution in [1.29, 1.82) is 0 Å². The number of aliphatic hydroxyl groups is 2. The van der Waals surface area contributed by atoms with Gasteiger partial charge in [-0.15, -0.1) is 0 Å². The molecule has 0 spiro atoms. The fraction of sp³-hybridized carbons (Fsp3) is 0.462. The fourth-order valence-corrected chi connectivity index (χ4v) is 3.82. The minimum Gasteiger partial charge on any atom is -0.395 e. The van der Waals surface area contributed by atoms with Crippen LogP contribution in [0, 0.1) is 5.92 Å². The summed E-state index contributed by atoms with van der Waals surface area (Å²) in [5.41, 5.74) is 3.46. The van der Waals surface area contributed by atoms with Crippen molar-refractivity contribution >= 4 is 34.6 Å². The number of rotatable bonds is 14. The molecule has 0 saturated heterocycles. The van der Waals surface area contributed by atoms with E-state index in [9.17, 15) is 19.8 Å². The van der Waals surface area contributed by atoms with E-state index in [2.05, 4.69) is 27.4 Å². The Kier molecular flexibility index (Phi) is 11.4. The molecule has 2 rings (SSSR count). The molecule has 0 aliphatic carbocycles. The molecule has 2 amide bonds. The molecule has 2 aromatic carbocycles. The minimum absolute atomic E-state index is 0.0531. The van der Waals surface area contributed by atoms with Gasteiger partial charge in [-0.05, 0) is 61.2 Å². The van der Waals surface area contributed by atoms with E-state index in [1.54, 1.807) is 0 Å². The Bertz CT molecular complexity index is 904. The average Bonchev–Trinajstić information content (AvgIpc) is 2.79. The molecule has 4 N–H and O–H groups in total. The quantitative estimate of drug-likeness (QED) is 0.338. The summed E-state index contributed by atoms with van der Waals surface area (Å²) >= 11 is 0. The number of anilines is 4. The maximum absolute atomic E-state index is 11.4. The van der Waals surface area contributed by atoms with Gasteiger partial charge in [-0.3, -0.25) is 9.59 Å². The lowest BCUT2D eigenvalue weighted by atomic mass is 10.0. The van der Waals surface area contributed by atoms with Crippen LogP contribution >= 0.6 is 0 Å². The molecule has 1 atom stereocenters. The van der Waals surface area contributed by atoms with Crippen LogP contribution in [-0.4, -0.2) is 61.4 Å². The second kappa shape index (κ2) is 14.2. The number of nitrogens with one attached hydrogen (secondary N) is 2. The maximum Gasteiger partial charge on any atom is 0.221 e. The Labute approximate surface area is 202 Å². The van der Waals surface area contributed by atoms with Gasteiger partial charge in [0.15, 0.2) is 0 Å². The van der Waals surface area contributed by atoms with Crippen molar-refractivity contribution in [3.63, 3.8) is 0 Å². The molecule has 1 unspecified atom stereocenters. The van der Waals surface area contributed by atoms with Gasteiger partial charge in [0.2, 0.25) is 11.8 Å². The Hall–Kier alpha value is -3.10. The van der Waals surface area contributed by atoms with E-state index in [0.717, 1.165) is 48.7 Å². The first-order valence-electron chi connectivity index (χ1n) is 11.8. The molecule has 2 aromatic rings. The maximum atomic E-state index is 11.4. The zero-order valence-corrected chi connectivity index (χ0v) is 20.5. The third kappa shape index (κ3) is 9.41. The molecule has 0 radical (unpaired) electrons. The number of hydrogen-bond acceptors (Lipinski definition) is 6. The van der Waals surface area contributed by atoms with Crippen LogP contribution in [0.2, 0.25) is 0 Å². The number of carbonyl (C=O) groups excluding carboxylic acids is 2. The van der Waals surface area contributed by atoms with E-state index in [1.165, 1.54) is 13.8 Å². The summed E-state index contributed by atoms with van der Waals surface area (Å²) in [7, 11) is 0. The molecule has 8 nitrogen and oxygen atoms in total. The normalized spacial score (nSPS) is 11.6. The van der Waals surface area contributed by atoms with Crippen LogP contribution in [-0.2, 0) is 9.59 Å².